The van der Waals surface area contributed by atoms with Gasteiger partial charge in [0.15, 0.2) is 5.69 Å². The Morgan fingerprint density at radius 3 is 2.25 bits per heavy atom. The standard InChI is InChI=1S/C23H22F4N4O/c1-15-2-8-19(9-3-15)31-21(23(25,26)27)20(14-28-31)22(32)30-12-10-18(11-13-30)29-17-6-4-16(24)5-7-17/h2-9,14,18,29H,10-13H2,1H3. The number of hydrogen-bond donors (Lipinski definition) is 1. The fraction of sp³-hybridized carbons (Fsp3) is 0.304. The van der Waals surface area contributed by atoms with Crippen molar-refractivity contribution in [1.82, 2.24) is 14.7 Å². The molecule has 2 heterocycles. The number of piperidine rings is 1. The van der Waals surface area contributed by atoms with E-state index in [4.69, 9.17) is 0 Å². The molecule has 0 spiro atoms. The van der Waals surface area contributed by atoms with E-state index in [1.807, 2.05) is 6.92 Å². The Balaban J connectivity index is 1.50. The zero-order chi connectivity index (χ0) is 22.9. The van der Waals surface area contributed by atoms with Gasteiger partial charge in [0.2, 0.25) is 0 Å². The summed E-state index contributed by atoms with van der Waals surface area (Å²) in [6.07, 6.45) is -2.62. The maximum absolute atomic E-state index is 13.9. The average molecular weight is 446 g/mol. The summed E-state index contributed by atoms with van der Waals surface area (Å²) in [5.74, 6) is -1.02. The lowest BCUT2D eigenvalue weighted by Gasteiger charge is -2.33. The number of amides is 1. The van der Waals surface area contributed by atoms with Crippen LogP contribution in [-0.2, 0) is 6.18 Å². The number of halogens is 4. The van der Waals surface area contributed by atoms with Crippen molar-refractivity contribution in [2.75, 3.05) is 18.4 Å². The molecule has 0 aliphatic carbocycles. The second-order valence-corrected chi connectivity index (χ2v) is 7.87. The van der Waals surface area contributed by atoms with Crippen LogP contribution in [0.3, 0.4) is 0 Å². The third-order valence-electron chi connectivity index (χ3n) is 5.54. The first kappa shape index (κ1) is 21.9. The Morgan fingerprint density at radius 2 is 1.66 bits per heavy atom. The molecule has 168 valence electrons. The fourth-order valence-electron chi connectivity index (χ4n) is 3.84. The Morgan fingerprint density at radius 1 is 1.03 bits per heavy atom. The van der Waals surface area contributed by atoms with E-state index in [0.717, 1.165) is 22.1 Å². The van der Waals surface area contributed by atoms with Crippen molar-refractivity contribution in [2.24, 2.45) is 0 Å². The van der Waals surface area contributed by atoms with Crippen LogP contribution in [0.2, 0.25) is 0 Å². The van der Waals surface area contributed by atoms with E-state index in [9.17, 15) is 22.4 Å². The van der Waals surface area contributed by atoms with E-state index < -0.39 is 23.3 Å². The second kappa shape index (κ2) is 8.64. The maximum atomic E-state index is 13.9. The van der Waals surface area contributed by atoms with Crippen molar-refractivity contribution >= 4 is 11.6 Å². The Bertz CT molecular complexity index is 1080. The summed E-state index contributed by atoms with van der Waals surface area (Å²) in [5, 5.41) is 7.15. The van der Waals surface area contributed by atoms with E-state index in [-0.39, 0.29) is 17.5 Å². The van der Waals surface area contributed by atoms with Crippen molar-refractivity contribution in [1.29, 1.82) is 0 Å². The SMILES string of the molecule is Cc1ccc(-n2ncc(C(=O)N3CCC(Nc4ccc(F)cc4)CC3)c2C(F)(F)F)cc1. The van der Waals surface area contributed by atoms with Crippen LogP contribution >= 0.6 is 0 Å². The topological polar surface area (TPSA) is 50.2 Å². The maximum Gasteiger partial charge on any atom is 0.434 e. The number of aryl methyl sites for hydroxylation is 1. The number of nitrogens with one attached hydrogen (secondary N) is 1. The first-order valence-electron chi connectivity index (χ1n) is 10.3. The predicted octanol–water partition coefficient (Wildman–Crippen LogP) is 5.06. The van der Waals surface area contributed by atoms with Crippen LogP contribution in [0.1, 0.15) is 34.5 Å². The van der Waals surface area contributed by atoms with Gasteiger partial charge in [0, 0.05) is 24.8 Å². The molecule has 1 aliphatic heterocycles. The first-order chi connectivity index (χ1) is 15.2. The van der Waals surface area contributed by atoms with E-state index in [1.54, 1.807) is 36.4 Å². The number of hydrogen-bond acceptors (Lipinski definition) is 3. The highest BCUT2D eigenvalue weighted by atomic mass is 19.4. The lowest BCUT2D eigenvalue weighted by molar-refractivity contribution is -0.143. The molecule has 0 radical (unpaired) electrons. The van der Waals surface area contributed by atoms with Crippen LogP contribution < -0.4 is 5.32 Å². The number of aromatic nitrogens is 2. The quantitative estimate of drug-likeness (QED) is 0.571. The summed E-state index contributed by atoms with van der Waals surface area (Å²) < 4.78 is 55.5. The van der Waals surface area contributed by atoms with Gasteiger partial charge in [-0.15, -0.1) is 0 Å². The molecule has 9 heteroatoms. The normalized spacial score (nSPS) is 15.1. The van der Waals surface area contributed by atoms with Gasteiger partial charge in [0.1, 0.15) is 5.82 Å². The molecule has 0 bridgehead atoms. The highest BCUT2D eigenvalue weighted by Crippen LogP contribution is 2.34. The van der Waals surface area contributed by atoms with Crippen LogP contribution in [0.15, 0.2) is 54.7 Å². The number of benzene rings is 2. The van der Waals surface area contributed by atoms with Crippen molar-refractivity contribution in [2.45, 2.75) is 32.0 Å². The largest absolute Gasteiger partial charge is 0.434 e. The predicted molar refractivity (Wildman–Crippen MR) is 112 cm³/mol. The molecular weight excluding hydrogens is 424 g/mol. The van der Waals surface area contributed by atoms with Gasteiger partial charge in [-0.1, -0.05) is 17.7 Å². The molecule has 0 saturated carbocycles. The zero-order valence-corrected chi connectivity index (χ0v) is 17.4. The Kier molecular flexibility index (Phi) is 5.90. The molecule has 1 fully saturated rings. The van der Waals surface area contributed by atoms with E-state index in [1.165, 1.54) is 17.0 Å². The summed E-state index contributed by atoms with van der Waals surface area (Å²) >= 11 is 0. The molecule has 1 aromatic heterocycles. The summed E-state index contributed by atoms with van der Waals surface area (Å²) in [6.45, 7) is 2.45. The number of rotatable bonds is 4. The number of anilines is 1. The van der Waals surface area contributed by atoms with E-state index in [2.05, 4.69) is 10.4 Å². The number of likely N-dealkylation sites (tertiary alicyclic amines) is 1. The molecule has 1 aliphatic rings. The second-order valence-electron chi connectivity index (χ2n) is 7.87. The van der Waals surface area contributed by atoms with Crippen LogP contribution in [0.4, 0.5) is 23.2 Å². The lowest BCUT2D eigenvalue weighted by atomic mass is 10.0. The molecular formula is C23H22F4N4O. The molecule has 2 aromatic carbocycles. The summed E-state index contributed by atoms with van der Waals surface area (Å²) in [5.41, 5.74) is 0.378. The van der Waals surface area contributed by atoms with Crippen LogP contribution in [0.5, 0.6) is 0 Å². The minimum absolute atomic E-state index is 0.0434. The van der Waals surface area contributed by atoms with Crippen molar-refractivity contribution in [3.63, 3.8) is 0 Å². The number of carbonyl (C=O) groups is 1. The van der Waals surface area contributed by atoms with Crippen LogP contribution in [0, 0.1) is 12.7 Å². The summed E-state index contributed by atoms with van der Waals surface area (Å²) in [6, 6.07) is 12.5. The zero-order valence-electron chi connectivity index (χ0n) is 17.4. The number of alkyl halides is 3. The fourth-order valence-corrected chi connectivity index (χ4v) is 3.84. The van der Waals surface area contributed by atoms with Gasteiger partial charge >= 0.3 is 6.18 Å². The molecule has 32 heavy (non-hydrogen) atoms. The molecule has 4 rings (SSSR count). The van der Waals surface area contributed by atoms with Gasteiger partial charge in [0.05, 0.1) is 17.4 Å². The number of nitrogens with zero attached hydrogens (tertiary/aromatic N) is 3. The van der Waals surface area contributed by atoms with Crippen LogP contribution in [0.25, 0.3) is 5.69 Å². The minimum Gasteiger partial charge on any atom is -0.382 e. The van der Waals surface area contributed by atoms with Crippen molar-refractivity contribution in [3.05, 3.63) is 77.4 Å². The first-order valence-corrected chi connectivity index (χ1v) is 10.3. The molecule has 1 amide bonds. The molecule has 1 N–H and O–H groups in total. The Labute approximate surface area is 182 Å². The van der Waals surface area contributed by atoms with Gasteiger partial charge in [-0.3, -0.25) is 4.79 Å². The highest BCUT2D eigenvalue weighted by molar-refractivity contribution is 5.95. The minimum atomic E-state index is -4.74. The van der Waals surface area contributed by atoms with Gasteiger partial charge in [-0.25, -0.2) is 9.07 Å². The van der Waals surface area contributed by atoms with E-state index >= 15 is 0 Å². The summed E-state index contributed by atoms with van der Waals surface area (Å²) in [7, 11) is 0. The number of carbonyl (C=O) groups excluding carboxylic acids is 1. The van der Waals surface area contributed by atoms with Gasteiger partial charge in [-0.2, -0.15) is 18.3 Å². The van der Waals surface area contributed by atoms with Gasteiger partial charge < -0.3 is 10.2 Å². The molecule has 5 nitrogen and oxygen atoms in total. The molecule has 1 saturated heterocycles. The smallest absolute Gasteiger partial charge is 0.382 e. The van der Waals surface area contributed by atoms with E-state index in [0.29, 0.717) is 25.9 Å². The molecule has 0 unspecified atom stereocenters. The summed E-state index contributed by atoms with van der Waals surface area (Å²) in [4.78, 5) is 14.4. The van der Waals surface area contributed by atoms with Crippen molar-refractivity contribution < 1.29 is 22.4 Å². The van der Waals surface area contributed by atoms with Gasteiger partial charge in [0.25, 0.3) is 5.91 Å². The van der Waals surface area contributed by atoms with Crippen molar-refractivity contribution in [3.8, 4) is 5.69 Å². The Hall–Kier alpha value is -3.36. The average Bonchev–Trinajstić information content (AvgIpc) is 3.22. The van der Waals surface area contributed by atoms with Gasteiger partial charge in [-0.05, 0) is 56.2 Å². The highest BCUT2D eigenvalue weighted by Gasteiger charge is 2.41. The lowest BCUT2D eigenvalue weighted by Crippen LogP contribution is -2.42. The molecule has 3 aromatic rings. The third-order valence-corrected chi connectivity index (χ3v) is 5.54. The third kappa shape index (κ3) is 4.61. The monoisotopic (exact) mass is 446 g/mol. The van der Waals surface area contributed by atoms with Crippen LogP contribution in [-0.4, -0.2) is 39.7 Å². The molecule has 0 atom stereocenters.